The quantitative estimate of drug-likeness (QED) is 0.638. The summed E-state index contributed by atoms with van der Waals surface area (Å²) in [6.45, 7) is 5.93. The van der Waals surface area contributed by atoms with E-state index in [1.807, 2.05) is 20.8 Å². The zero-order valence-corrected chi connectivity index (χ0v) is 17.2. The molecule has 0 spiro atoms. The molecule has 2 aromatic heterocycles. The van der Waals surface area contributed by atoms with Crippen molar-refractivity contribution in [2.75, 3.05) is 7.11 Å². The van der Waals surface area contributed by atoms with Crippen LogP contribution in [-0.2, 0) is 10.2 Å². The van der Waals surface area contributed by atoms with Crippen LogP contribution >= 0.6 is 11.6 Å². The number of amides is 1. The van der Waals surface area contributed by atoms with Crippen molar-refractivity contribution in [3.05, 3.63) is 62.5 Å². The number of aromatic nitrogens is 2. The van der Waals surface area contributed by atoms with Crippen molar-refractivity contribution in [2.24, 2.45) is 5.73 Å². The Morgan fingerprint density at radius 1 is 1.21 bits per heavy atom. The normalized spacial score (nSPS) is 11.5. The molecule has 3 N–H and O–H groups in total. The molecule has 0 aliphatic carbocycles. The number of rotatable bonds is 3. The molecule has 0 fully saturated rings. The van der Waals surface area contributed by atoms with Gasteiger partial charge in [0.2, 0.25) is 0 Å². The van der Waals surface area contributed by atoms with E-state index in [0.29, 0.717) is 21.8 Å². The molecule has 0 aliphatic rings. The Morgan fingerprint density at radius 2 is 1.90 bits per heavy atom. The van der Waals surface area contributed by atoms with Gasteiger partial charge in [-0.2, -0.15) is 0 Å². The van der Waals surface area contributed by atoms with Crippen LogP contribution in [0.5, 0.6) is 0 Å². The van der Waals surface area contributed by atoms with Gasteiger partial charge >= 0.3 is 5.97 Å². The Kier molecular flexibility index (Phi) is 5.19. The molecule has 3 aromatic rings. The van der Waals surface area contributed by atoms with Crippen LogP contribution in [0.25, 0.3) is 22.2 Å². The number of nitrogens with zero attached hydrogens (tertiary/aromatic N) is 1. The van der Waals surface area contributed by atoms with Gasteiger partial charge in [-0.3, -0.25) is 14.6 Å². The first-order valence-corrected chi connectivity index (χ1v) is 9.17. The van der Waals surface area contributed by atoms with Gasteiger partial charge in [-0.05, 0) is 29.2 Å². The molecule has 7 nitrogen and oxygen atoms in total. The highest BCUT2D eigenvalue weighted by Crippen LogP contribution is 2.35. The fraction of sp³-hybridized carbons (Fsp3) is 0.238. The third-order valence-corrected chi connectivity index (χ3v) is 4.90. The number of nitrogens with one attached hydrogen (secondary N) is 1. The van der Waals surface area contributed by atoms with E-state index in [9.17, 15) is 14.4 Å². The Morgan fingerprint density at radius 3 is 2.48 bits per heavy atom. The van der Waals surface area contributed by atoms with Crippen molar-refractivity contribution in [3.63, 3.8) is 0 Å². The number of fused-ring (bicyclic) bond motifs is 1. The third kappa shape index (κ3) is 3.73. The lowest BCUT2D eigenvalue weighted by molar-refractivity contribution is 0.0601. The lowest BCUT2D eigenvalue weighted by Crippen LogP contribution is -2.18. The summed E-state index contributed by atoms with van der Waals surface area (Å²) in [7, 11) is 1.28. The van der Waals surface area contributed by atoms with Gasteiger partial charge in [-0.25, -0.2) is 4.79 Å². The Balaban J connectivity index is 2.35. The number of H-pyrrole nitrogens is 1. The average molecular weight is 414 g/mol. The number of methoxy groups -OCH3 is 1. The Bertz CT molecular complexity index is 1210. The summed E-state index contributed by atoms with van der Waals surface area (Å²) >= 11 is 6.49. The Hall–Kier alpha value is -3.19. The van der Waals surface area contributed by atoms with E-state index >= 15 is 0 Å². The van der Waals surface area contributed by atoms with Crippen LogP contribution in [0.4, 0.5) is 0 Å². The predicted molar refractivity (Wildman–Crippen MR) is 111 cm³/mol. The van der Waals surface area contributed by atoms with Crippen LogP contribution in [0.3, 0.4) is 0 Å². The van der Waals surface area contributed by atoms with Crippen LogP contribution < -0.4 is 11.2 Å². The number of nitrogens with two attached hydrogens (primary N) is 1. The van der Waals surface area contributed by atoms with Crippen LogP contribution in [0.1, 0.15) is 47.2 Å². The molecular formula is C21H20ClN3O4. The molecule has 1 aromatic carbocycles. The van der Waals surface area contributed by atoms with Crippen molar-refractivity contribution in [2.45, 2.75) is 26.2 Å². The molecule has 0 aliphatic heterocycles. The number of carbonyl (C=O) groups is 2. The van der Waals surface area contributed by atoms with Gasteiger partial charge in [-0.1, -0.05) is 32.4 Å². The molecule has 3 rings (SSSR count). The van der Waals surface area contributed by atoms with E-state index in [2.05, 4.69) is 9.97 Å². The van der Waals surface area contributed by atoms with Gasteiger partial charge in [0, 0.05) is 22.8 Å². The van der Waals surface area contributed by atoms with Crippen LogP contribution in [-0.4, -0.2) is 29.0 Å². The molecule has 8 heteroatoms. The number of primary amides is 1. The summed E-state index contributed by atoms with van der Waals surface area (Å²) in [4.78, 5) is 43.8. The minimum Gasteiger partial charge on any atom is -0.465 e. The van der Waals surface area contributed by atoms with Crippen molar-refractivity contribution in [1.29, 1.82) is 0 Å². The number of halogens is 1. The summed E-state index contributed by atoms with van der Waals surface area (Å²) in [5.41, 5.74) is 6.60. The molecule has 1 amide bonds. The number of benzene rings is 1. The number of hydrogen-bond donors (Lipinski definition) is 2. The van der Waals surface area contributed by atoms with E-state index in [1.165, 1.54) is 19.4 Å². The highest BCUT2D eigenvalue weighted by molar-refractivity contribution is 6.32. The maximum atomic E-state index is 12.7. The summed E-state index contributed by atoms with van der Waals surface area (Å²) in [5, 5.41) is 0.537. The smallest absolute Gasteiger partial charge is 0.338 e. The highest BCUT2D eigenvalue weighted by Gasteiger charge is 2.24. The fourth-order valence-corrected chi connectivity index (χ4v) is 3.63. The lowest BCUT2D eigenvalue weighted by Gasteiger charge is -2.23. The minimum atomic E-state index is -0.804. The van der Waals surface area contributed by atoms with Gasteiger partial charge < -0.3 is 15.5 Å². The maximum Gasteiger partial charge on any atom is 0.338 e. The monoisotopic (exact) mass is 413 g/mol. The summed E-state index contributed by atoms with van der Waals surface area (Å²) < 4.78 is 4.93. The molecule has 2 heterocycles. The number of hydrogen-bond acceptors (Lipinski definition) is 5. The van der Waals surface area contributed by atoms with Crippen molar-refractivity contribution in [1.82, 2.24) is 9.97 Å². The lowest BCUT2D eigenvalue weighted by atomic mass is 9.84. The van der Waals surface area contributed by atoms with Crippen molar-refractivity contribution >= 4 is 34.4 Å². The number of aromatic amines is 1. The highest BCUT2D eigenvalue weighted by atomic mass is 35.5. The molecule has 0 atom stereocenters. The number of ether oxygens (including phenoxy) is 1. The zero-order valence-electron chi connectivity index (χ0n) is 16.4. The van der Waals surface area contributed by atoms with E-state index in [1.54, 1.807) is 18.2 Å². The van der Waals surface area contributed by atoms with E-state index in [4.69, 9.17) is 22.1 Å². The van der Waals surface area contributed by atoms with Gasteiger partial charge in [0.05, 0.1) is 29.3 Å². The molecule has 0 unspecified atom stereocenters. The van der Waals surface area contributed by atoms with Gasteiger partial charge in [0.15, 0.2) is 5.43 Å². The van der Waals surface area contributed by atoms with Gasteiger partial charge in [-0.15, -0.1) is 0 Å². The maximum absolute atomic E-state index is 12.7. The molecular weight excluding hydrogens is 394 g/mol. The summed E-state index contributed by atoms with van der Waals surface area (Å²) in [6.07, 6.45) is 1.37. The minimum absolute atomic E-state index is 0.0841. The van der Waals surface area contributed by atoms with Crippen LogP contribution in [0, 0.1) is 0 Å². The van der Waals surface area contributed by atoms with Crippen LogP contribution in [0.2, 0.25) is 5.02 Å². The first-order valence-electron chi connectivity index (χ1n) is 8.79. The Labute approximate surface area is 171 Å². The second-order valence-corrected chi connectivity index (χ2v) is 8.02. The fourth-order valence-electron chi connectivity index (χ4n) is 3.18. The molecule has 150 valence electrons. The zero-order chi connectivity index (χ0) is 21.5. The molecule has 0 radical (unpaired) electrons. The topological polar surface area (TPSA) is 115 Å². The summed E-state index contributed by atoms with van der Waals surface area (Å²) in [5.74, 6) is -1.36. The van der Waals surface area contributed by atoms with E-state index < -0.39 is 17.3 Å². The van der Waals surface area contributed by atoms with Gasteiger partial charge in [0.1, 0.15) is 5.69 Å². The summed E-state index contributed by atoms with van der Waals surface area (Å²) in [6, 6.07) is 6.13. The largest absolute Gasteiger partial charge is 0.465 e. The third-order valence-electron chi connectivity index (χ3n) is 4.59. The van der Waals surface area contributed by atoms with Crippen molar-refractivity contribution in [3.8, 4) is 11.3 Å². The van der Waals surface area contributed by atoms with E-state index in [-0.39, 0.29) is 22.1 Å². The first-order chi connectivity index (χ1) is 13.5. The second kappa shape index (κ2) is 7.33. The number of pyridine rings is 2. The predicted octanol–water partition coefficient (Wildman–Crippen LogP) is 3.43. The SMILES string of the molecule is COC(=O)c1cc(C(C)(C)C)c(Cl)cc1-c1cc(=O)c2c(C(N)=O)nccc2[nH]1. The number of esters is 1. The molecule has 0 saturated heterocycles. The molecule has 0 saturated carbocycles. The van der Waals surface area contributed by atoms with Crippen molar-refractivity contribution < 1.29 is 14.3 Å². The molecule has 29 heavy (non-hydrogen) atoms. The average Bonchev–Trinajstić information content (AvgIpc) is 2.65. The van der Waals surface area contributed by atoms with Gasteiger partial charge in [0.25, 0.3) is 5.91 Å². The standard InChI is InChI=1S/C21H20ClN3O4/c1-21(2,3)12-7-11(20(28)29-4)10(8-13(12)22)15-9-16(26)17-14(25-15)5-6-24-18(17)19(23)27/h5-9H,1-4H3,(H2,23,27)(H,25,26). The van der Waals surface area contributed by atoms with E-state index in [0.717, 1.165) is 5.56 Å². The first kappa shape index (κ1) is 20.5. The second-order valence-electron chi connectivity index (χ2n) is 7.61. The molecule has 0 bridgehead atoms. The number of carbonyl (C=O) groups excluding carboxylic acids is 2. The van der Waals surface area contributed by atoms with Crippen LogP contribution in [0.15, 0.2) is 35.3 Å².